The fraction of sp³-hybridized carbons (Fsp3) is 0.400. The van der Waals surface area contributed by atoms with Gasteiger partial charge in [-0.25, -0.2) is 0 Å². The van der Waals surface area contributed by atoms with Crippen LogP contribution in [0.2, 0.25) is 0 Å². The van der Waals surface area contributed by atoms with Crippen LogP contribution in [0.4, 0.5) is 0 Å². The predicted octanol–water partition coefficient (Wildman–Crippen LogP) is 4.79. The van der Waals surface area contributed by atoms with E-state index < -0.39 is 0 Å². The summed E-state index contributed by atoms with van der Waals surface area (Å²) >= 11 is 1.66. The summed E-state index contributed by atoms with van der Waals surface area (Å²) in [6, 6.07) is 10.9. The fourth-order valence-electron chi connectivity index (χ4n) is 3.49. The highest BCUT2D eigenvalue weighted by molar-refractivity contribution is 7.13. The first kappa shape index (κ1) is 16.5. The molecule has 0 unspecified atom stereocenters. The Morgan fingerprint density at radius 2 is 2.00 bits per heavy atom. The lowest BCUT2D eigenvalue weighted by molar-refractivity contribution is 0.193. The number of rotatable bonds is 4. The molecule has 0 spiro atoms. The summed E-state index contributed by atoms with van der Waals surface area (Å²) in [5, 5.41) is 10.7. The van der Waals surface area contributed by atoms with Gasteiger partial charge in [-0.2, -0.15) is 0 Å². The maximum Gasteiger partial charge on any atom is 0.258 e. The molecule has 0 N–H and O–H groups in total. The summed E-state index contributed by atoms with van der Waals surface area (Å²) in [4.78, 5) is 3.61. The van der Waals surface area contributed by atoms with Crippen LogP contribution >= 0.6 is 11.3 Å². The molecular weight excluding hydrogens is 330 g/mol. The Bertz CT molecular complexity index is 846. The zero-order valence-corrected chi connectivity index (χ0v) is 15.6. The molecule has 4 rings (SSSR count). The van der Waals surface area contributed by atoms with E-state index in [1.807, 2.05) is 0 Å². The summed E-state index contributed by atoms with van der Waals surface area (Å²) in [5.74, 6) is 1.86. The molecule has 2 aromatic heterocycles. The van der Waals surface area contributed by atoms with E-state index in [0.29, 0.717) is 11.8 Å². The number of likely N-dealkylation sites (tertiary alicyclic amines) is 1. The lowest BCUT2D eigenvalue weighted by Gasteiger charge is -2.30. The first-order chi connectivity index (χ1) is 12.2. The van der Waals surface area contributed by atoms with Crippen molar-refractivity contribution >= 4 is 11.3 Å². The van der Waals surface area contributed by atoms with Crippen LogP contribution in [-0.2, 0) is 6.54 Å². The second-order valence-corrected chi connectivity index (χ2v) is 7.83. The molecule has 3 aromatic rings. The van der Waals surface area contributed by atoms with Crippen LogP contribution in [0.25, 0.3) is 10.8 Å². The van der Waals surface area contributed by atoms with Crippen LogP contribution in [0.1, 0.15) is 41.3 Å². The summed E-state index contributed by atoms with van der Waals surface area (Å²) in [6.45, 7) is 7.41. The van der Waals surface area contributed by atoms with Gasteiger partial charge in [0.15, 0.2) is 0 Å². The van der Waals surface area contributed by atoms with Crippen LogP contribution in [-0.4, -0.2) is 28.2 Å². The number of hydrogen-bond donors (Lipinski definition) is 0. The Labute approximate surface area is 152 Å². The third-order valence-electron chi connectivity index (χ3n) is 4.92. The lowest BCUT2D eigenvalue weighted by Crippen LogP contribution is -2.32. The number of aryl methyl sites for hydroxylation is 2. The van der Waals surface area contributed by atoms with E-state index >= 15 is 0 Å². The van der Waals surface area contributed by atoms with Gasteiger partial charge in [0, 0.05) is 12.5 Å². The standard InChI is InChI=1S/C20H23N3OS/c1-14-4-3-5-16(12-14)13-23-9-6-17(7-10-23)19-21-22-20(24-19)18-15(2)8-11-25-18/h3-5,8,11-12,17H,6-7,9-10,13H2,1-2H3. The molecule has 0 amide bonds. The lowest BCUT2D eigenvalue weighted by atomic mass is 9.96. The second kappa shape index (κ2) is 7.10. The minimum Gasteiger partial charge on any atom is -0.420 e. The fourth-order valence-corrected chi connectivity index (χ4v) is 4.34. The molecule has 0 bridgehead atoms. The Morgan fingerprint density at radius 1 is 1.16 bits per heavy atom. The van der Waals surface area contributed by atoms with E-state index in [2.05, 4.69) is 64.7 Å². The quantitative estimate of drug-likeness (QED) is 0.676. The van der Waals surface area contributed by atoms with Crippen molar-refractivity contribution in [2.75, 3.05) is 13.1 Å². The monoisotopic (exact) mass is 353 g/mol. The van der Waals surface area contributed by atoms with Crippen LogP contribution < -0.4 is 0 Å². The number of nitrogens with zero attached hydrogens (tertiary/aromatic N) is 3. The minimum atomic E-state index is 0.385. The maximum atomic E-state index is 5.99. The van der Waals surface area contributed by atoms with E-state index in [1.165, 1.54) is 16.7 Å². The van der Waals surface area contributed by atoms with Gasteiger partial charge in [-0.1, -0.05) is 29.8 Å². The molecule has 3 heterocycles. The van der Waals surface area contributed by atoms with Gasteiger partial charge in [-0.05, 0) is 62.4 Å². The number of thiophene rings is 1. The zero-order valence-electron chi connectivity index (χ0n) is 14.7. The molecule has 1 aromatic carbocycles. The molecule has 5 heteroatoms. The average Bonchev–Trinajstić information content (AvgIpc) is 3.24. The van der Waals surface area contributed by atoms with Crippen LogP contribution in [0, 0.1) is 13.8 Å². The largest absolute Gasteiger partial charge is 0.420 e. The third-order valence-corrected chi connectivity index (χ3v) is 5.93. The maximum absolute atomic E-state index is 5.99. The van der Waals surface area contributed by atoms with Crippen molar-refractivity contribution in [3.05, 3.63) is 58.3 Å². The number of hydrogen-bond acceptors (Lipinski definition) is 5. The molecule has 1 fully saturated rings. The Balaban J connectivity index is 1.37. The van der Waals surface area contributed by atoms with Gasteiger partial charge in [0.2, 0.25) is 5.89 Å². The van der Waals surface area contributed by atoms with Crippen LogP contribution in [0.15, 0.2) is 40.1 Å². The molecule has 1 aliphatic heterocycles. The molecule has 1 saturated heterocycles. The zero-order chi connectivity index (χ0) is 17.2. The molecule has 130 valence electrons. The third kappa shape index (κ3) is 3.67. The summed E-state index contributed by atoms with van der Waals surface area (Å²) in [5.41, 5.74) is 3.93. The van der Waals surface area contributed by atoms with E-state index in [9.17, 15) is 0 Å². The Kier molecular flexibility index (Phi) is 4.68. The smallest absolute Gasteiger partial charge is 0.258 e. The Hall–Kier alpha value is -1.98. The number of benzene rings is 1. The van der Waals surface area contributed by atoms with Crippen molar-refractivity contribution in [3.63, 3.8) is 0 Å². The van der Waals surface area contributed by atoms with Gasteiger partial charge < -0.3 is 4.42 Å². The topological polar surface area (TPSA) is 42.2 Å². The highest BCUT2D eigenvalue weighted by Crippen LogP contribution is 2.32. The average molecular weight is 353 g/mol. The Morgan fingerprint density at radius 3 is 2.72 bits per heavy atom. The van der Waals surface area contributed by atoms with E-state index in [0.717, 1.165) is 43.2 Å². The van der Waals surface area contributed by atoms with Gasteiger partial charge in [0.25, 0.3) is 5.89 Å². The SMILES string of the molecule is Cc1cccc(CN2CCC(c3nnc(-c4sccc4C)o3)CC2)c1. The summed E-state index contributed by atoms with van der Waals surface area (Å²) in [6.07, 6.45) is 2.16. The van der Waals surface area contributed by atoms with Gasteiger partial charge in [0.05, 0.1) is 4.88 Å². The second-order valence-electron chi connectivity index (χ2n) is 6.92. The van der Waals surface area contributed by atoms with Gasteiger partial charge in [-0.3, -0.25) is 4.90 Å². The van der Waals surface area contributed by atoms with Crippen LogP contribution in [0.3, 0.4) is 0 Å². The van der Waals surface area contributed by atoms with Gasteiger partial charge >= 0.3 is 0 Å². The molecule has 0 radical (unpaired) electrons. The summed E-state index contributed by atoms with van der Waals surface area (Å²) in [7, 11) is 0. The summed E-state index contributed by atoms with van der Waals surface area (Å²) < 4.78 is 5.99. The van der Waals surface area contributed by atoms with Crippen molar-refractivity contribution in [1.29, 1.82) is 0 Å². The minimum absolute atomic E-state index is 0.385. The molecule has 4 nitrogen and oxygen atoms in total. The molecule has 0 aliphatic carbocycles. The van der Waals surface area contributed by atoms with E-state index in [-0.39, 0.29) is 0 Å². The van der Waals surface area contributed by atoms with Crippen molar-refractivity contribution < 1.29 is 4.42 Å². The molecule has 0 atom stereocenters. The van der Waals surface area contributed by atoms with Crippen molar-refractivity contribution in [3.8, 4) is 10.8 Å². The van der Waals surface area contributed by atoms with Crippen LogP contribution in [0.5, 0.6) is 0 Å². The number of piperidine rings is 1. The van der Waals surface area contributed by atoms with Crippen molar-refractivity contribution in [1.82, 2.24) is 15.1 Å². The first-order valence-electron chi connectivity index (χ1n) is 8.85. The van der Waals surface area contributed by atoms with E-state index in [1.54, 1.807) is 11.3 Å². The van der Waals surface area contributed by atoms with Crippen molar-refractivity contribution in [2.45, 2.75) is 39.2 Å². The van der Waals surface area contributed by atoms with E-state index in [4.69, 9.17) is 4.42 Å². The highest BCUT2D eigenvalue weighted by atomic mass is 32.1. The first-order valence-corrected chi connectivity index (χ1v) is 9.73. The molecular formula is C20H23N3OS. The number of aromatic nitrogens is 2. The molecule has 25 heavy (non-hydrogen) atoms. The molecule has 1 aliphatic rings. The molecule has 0 saturated carbocycles. The predicted molar refractivity (Wildman–Crippen MR) is 101 cm³/mol. The van der Waals surface area contributed by atoms with Gasteiger partial charge in [0.1, 0.15) is 0 Å². The normalized spacial score (nSPS) is 16.4. The highest BCUT2D eigenvalue weighted by Gasteiger charge is 2.25. The van der Waals surface area contributed by atoms with Crippen molar-refractivity contribution in [2.24, 2.45) is 0 Å². The van der Waals surface area contributed by atoms with Gasteiger partial charge in [-0.15, -0.1) is 21.5 Å².